The summed E-state index contributed by atoms with van der Waals surface area (Å²) < 4.78 is 41.5. The number of nitrogens with zero attached hydrogens (tertiary/aromatic N) is 1. The van der Waals surface area contributed by atoms with E-state index in [4.69, 9.17) is 11.6 Å². The molecule has 1 saturated heterocycles. The second-order valence-electron chi connectivity index (χ2n) is 5.56. The van der Waals surface area contributed by atoms with Gasteiger partial charge < -0.3 is 5.32 Å². The maximum Gasteiger partial charge on any atom is 0.321 e. The van der Waals surface area contributed by atoms with Crippen LogP contribution in [0.1, 0.15) is 5.56 Å². The van der Waals surface area contributed by atoms with Crippen molar-refractivity contribution < 1.29 is 17.6 Å². The molecule has 1 fully saturated rings. The van der Waals surface area contributed by atoms with Crippen molar-refractivity contribution in [1.82, 2.24) is 5.32 Å². The van der Waals surface area contributed by atoms with Crippen LogP contribution in [0.2, 0.25) is 5.02 Å². The van der Waals surface area contributed by atoms with Gasteiger partial charge in [0.2, 0.25) is 0 Å². The minimum Gasteiger partial charge on any atom is -0.336 e. The number of hydrogen-bond acceptors (Lipinski definition) is 3. The van der Waals surface area contributed by atoms with Gasteiger partial charge in [-0.2, -0.15) is 0 Å². The third kappa shape index (κ3) is 3.54. The van der Waals surface area contributed by atoms with E-state index in [2.05, 4.69) is 10.0 Å². The summed E-state index contributed by atoms with van der Waals surface area (Å²) in [7, 11) is -4.00. The third-order valence-electron chi connectivity index (χ3n) is 3.79. The van der Waals surface area contributed by atoms with Gasteiger partial charge in [-0.3, -0.25) is 9.62 Å². The van der Waals surface area contributed by atoms with Crippen LogP contribution < -0.4 is 14.9 Å². The molecule has 2 aromatic carbocycles. The van der Waals surface area contributed by atoms with E-state index in [0.717, 1.165) is 6.07 Å². The van der Waals surface area contributed by atoms with Crippen LogP contribution in [0.5, 0.6) is 0 Å². The summed E-state index contributed by atoms with van der Waals surface area (Å²) in [6.07, 6.45) is 0. The summed E-state index contributed by atoms with van der Waals surface area (Å²) in [6, 6.07) is 7.84. The van der Waals surface area contributed by atoms with E-state index in [1.165, 1.54) is 35.2 Å². The van der Waals surface area contributed by atoms with Gasteiger partial charge in [-0.1, -0.05) is 11.6 Å². The van der Waals surface area contributed by atoms with Crippen molar-refractivity contribution in [3.8, 4) is 0 Å². The molecule has 1 heterocycles. The molecule has 1 aliphatic rings. The first kappa shape index (κ1) is 17.5. The quantitative estimate of drug-likeness (QED) is 0.851. The molecule has 25 heavy (non-hydrogen) atoms. The van der Waals surface area contributed by atoms with E-state index in [1.54, 1.807) is 6.92 Å². The van der Waals surface area contributed by atoms with Gasteiger partial charge in [-0.05, 0) is 48.9 Å². The van der Waals surface area contributed by atoms with Crippen LogP contribution in [0.15, 0.2) is 41.3 Å². The lowest BCUT2D eigenvalue weighted by molar-refractivity contribution is 0.252. The highest BCUT2D eigenvalue weighted by Crippen LogP contribution is 2.27. The molecular weight excluding hydrogens is 369 g/mol. The molecule has 1 aliphatic heterocycles. The highest BCUT2D eigenvalue weighted by Gasteiger charge is 2.24. The number of carbonyl (C=O) groups is 1. The minimum atomic E-state index is -4.00. The molecule has 0 radical (unpaired) electrons. The number of sulfonamides is 1. The summed E-state index contributed by atoms with van der Waals surface area (Å²) in [4.78, 5) is 13.1. The molecule has 0 bridgehead atoms. The first-order valence-corrected chi connectivity index (χ1v) is 9.28. The van der Waals surface area contributed by atoms with E-state index in [-0.39, 0.29) is 16.6 Å². The monoisotopic (exact) mass is 383 g/mol. The number of anilines is 2. The second kappa shape index (κ2) is 6.53. The fourth-order valence-electron chi connectivity index (χ4n) is 2.59. The van der Waals surface area contributed by atoms with Crippen LogP contribution in [0.25, 0.3) is 0 Å². The number of amides is 2. The van der Waals surface area contributed by atoms with Gasteiger partial charge in [0.15, 0.2) is 0 Å². The number of carbonyl (C=O) groups excluding carboxylic acids is 1. The molecule has 0 unspecified atom stereocenters. The Labute approximate surface area is 149 Å². The predicted octanol–water partition coefficient (Wildman–Crippen LogP) is 3.12. The second-order valence-corrected chi connectivity index (χ2v) is 7.65. The van der Waals surface area contributed by atoms with Gasteiger partial charge >= 0.3 is 6.03 Å². The first-order valence-electron chi connectivity index (χ1n) is 7.42. The summed E-state index contributed by atoms with van der Waals surface area (Å²) in [5, 5.41) is 3.04. The van der Waals surface area contributed by atoms with Crippen LogP contribution >= 0.6 is 11.6 Å². The zero-order valence-corrected chi connectivity index (χ0v) is 14.8. The Balaban J connectivity index is 1.95. The maximum atomic E-state index is 14.1. The SMILES string of the molecule is Cc1cc(Cl)ccc1S(=O)(=O)Nc1cc(N2CCNC2=O)ccc1F. The van der Waals surface area contributed by atoms with Crippen molar-refractivity contribution >= 4 is 39.0 Å². The molecule has 3 rings (SSSR count). The van der Waals surface area contributed by atoms with Gasteiger partial charge in [-0.15, -0.1) is 0 Å². The molecule has 132 valence electrons. The Morgan fingerprint density at radius 3 is 2.64 bits per heavy atom. The van der Waals surface area contributed by atoms with Crippen molar-refractivity contribution in [3.63, 3.8) is 0 Å². The number of rotatable bonds is 4. The summed E-state index contributed by atoms with van der Waals surface area (Å²) in [6.45, 7) is 2.50. The number of urea groups is 1. The molecule has 2 aromatic rings. The fraction of sp³-hybridized carbons (Fsp3) is 0.188. The molecule has 9 heteroatoms. The van der Waals surface area contributed by atoms with E-state index in [0.29, 0.717) is 29.4 Å². The summed E-state index contributed by atoms with van der Waals surface area (Å²) in [5.74, 6) is -0.737. The van der Waals surface area contributed by atoms with Crippen molar-refractivity contribution in [2.45, 2.75) is 11.8 Å². The Morgan fingerprint density at radius 2 is 2.00 bits per heavy atom. The molecule has 2 N–H and O–H groups in total. The van der Waals surface area contributed by atoms with Crippen molar-refractivity contribution in [1.29, 1.82) is 0 Å². The van der Waals surface area contributed by atoms with E-state index >= 15 is 0 Å². The standard InChI is InChI=1S/C16H15ClFN3O3S/c1-10-8-11(17)2-5-15(10)25(23,24)20-14-9-12(3-4-13(14)18)21-7-6-19-16(21)22/h2-5,8-9,20H,6-7H2,1H3,(H,19,22). The smallest absolute Gasteiger partial charge is 0.321 e. The van der Waals surface area contributed by atoms with Crippen LogP contribution in [0, 0.1) is 12.7 Å². The minimum absolute atomic E-state index is 0.000573. The first-order chi connectivity index (χ1) is 11.8. The average Bonchev–Trinajstić information content (AvgIpc) is 2.95. The number of halogens is 2. The van der Waals surface area contributed by atoms with Crippen LogP contribution in [-0.2, 0) is 10.0 Å². The molecule has 2 amide bonds. The lowest BCUT2D eigenvalue weighted by Gasteiger charge is -2.17. The zero-order valence-electron chi connectivity index (χ0n) is 13.2. The van der Waals surface area contributed by atoms with Gasteiger partial charge in [0.1, 0.15) is 5.82 Å². The van der Waals surface area contributed by atoms with E-state index in [9.17, 15) is 17.6 Å². The van der Waals surface area contributed by atoms with Gasteiger partial charge in [-0.25, -0.2) is 17.6 Å². The Hall–Kier alpha value is -2.32. The highest BCUT2D eigenvalue weighted by atomic mass is 35.5. The molecular formula is C16H15ClFN3O3S. The Kier molecular flexibility index (Phi) is 4.57. The summed E-state index contributed by atoms with van der Waals surface area (Å²) in [5.41, 5.74) is 0.615. The molecule has 0 atom stereocenters. The Morgan fingerprint density at radius 1 is 1.24 bits per heavy atom. The fourth-order valence-corrected chi connectivity index (χ4v) is 4.10. The zero-order chi connectivity index (χ0) is 18.2. The van der Waals surface area contributed by atoms with Crippen molar-refractivity contribution in [2.24, 2.45) is 0 Å². The number of aryl methyl sites for hydroxylation is 1. The largest absolute Gasteiger partial charge is 0.336 e. The van der Waals surface area contributed by atoms with Gasteiger partial charge in [0, 0.05) is 23.8 Å². The molecule has 0 saturated carbocycles. The average molecular weight is 384 g/mol. The third-order valence-corrected chi connectivity index (χ3v) is 5.55. The highest BCUT2D eigenvalue weighted by molar-refractivity contribution is 7.92. The lowest BCUT2D eigenvalue weighted by Crippen LogP contribution is -2.27. The van der Waals surface area contributed by atoms with Crippen LogP contribution in [-0.4, -0.2) is 27.5 Å². The van der Waals surface area contributed by atoms with Gasteiger partial charge in [0.05, 0.1) is 10.6 Å². The molecule has 0 spiro atoms. The Bertz CT molecular complexity index is 950. The number of benzene rings is 2. The maximum absolute atomic E-state index is 14.1. The normalized spacial score (nSPS) is 14.5. The number of nitrogens with one attached hydrogen (secondary N) is 2. The topological polar surface area (TPSA) is 78.5 Å². The van der Waals surface area contributed by atoms with Crippen molar-refractivity contribution in [2.75, 3.05) is 22.7 Å². The van der Waals surface area contributed by atoms with Crippen LogP contribution in [0.3, 0.4) is 0 Å². The van der Waals surface area contributed by atoms with Crippen molar-refractivity contribution in [3.05, 3.63) is 52.8 Å². The molecule has 0 aromatic heterocycles. The van der Waals surface area contributed by atoms with E-state index in [1.807, 2.05) is 0 Å². The lowest BCUT2D eigenvalue weighted by atomic mass is 10.2. The number of hydrogen-bond donors (Lipinski definition) is 2. The van der Waals surface area contributed by atoms with Crippen LogP contribution in [0.4, 0.5) is 20.6 Å². The summed E-state index contributed by atoms with van der Waals surface area (Å²) >= 11 is 5.84. The molecule has 0 aliphatic carbocycles. The van der Waals surface area contributed by atoms with E-state index < -0.39 is 15.8 Å². The molecule has 6 nitrogen and oxygen atoms in total. The van der Waals surface area contributed by atoms with Gasteiger partial charge in [0.25, 0.3) is 10.0 Å². The predicted molar refractivity (Wildman–Crippen MR) is 94.1 cm³/mol.